The quantitative estimate of drug-likeness (QED) is 0.516. The van der Waals surface area contributed by atoms with Gasteiger partial charge in [-0.1, -0.05) is 24.3 Å². The van der Waals surface area contributed by atoms with Crippen LogP contribution in [0.4, 0.5) is 5.13 Å². The Morgan fingerprint density at radius 2 is 1.81 bits per heavy atom. The van der Waals surface area contributed by atoms with E-state index in [4.69, 9.17) is 0 Å². The highest BCUT2D eigenvalue weighted by Gasteiger charge is 2.14. The first-order valence-electron chi connectivity index (χ1n) is 7.95. The van der Waals surface area contributed by atoms with E-state index in [0.717, 1.165) is 21.5 Å². The van der Waals surface area contributed by atoms with Gasteiger partial charge < -0.3 is 4.74 Å². The highest BCUT2D eigenvalue weighted by molar-refractivity contribution is 7.20. The number of nitrogens with zero attached hydrogens (tertiary/aromatic N) is 2. The lowest BCUT2D eigenvalue weighted by Crippen LogP contribution is -2.11. The summed E-state index contributed by atoms with van der Waals surface area (Å²) in [5.41, 5.74) is 2.84. The topological polar surface area (TPSA) is 81.2 Å². The zero-order valence-corrected chi connectivity index (χ0v) is 15.8. The Balaban J connectivity index is 1.50. The van der Waals surface area contributed by atoms with Crippen molar-refractivity contribution >= 4 is 49.9 Å². The van der Waals surface area contributed by atoms with Crippen LogP contribution in [0.5, 0.6) is 0 Å². The maximum absolute atomic E-state index is 12.4. The Bertz CT molecular complexity index is 1100. The molecule has 4 rings (SSSR count). The summed E-state index contributed by atoms with van der Waals surface area (Å²) in [5, 5.41) is 5.53. The van der Waals surface area contributed by atoms with E-state index in [2.05, 4.69) is 20.0 Å². The van der Waals surface area contributed by atoms with Crippen LogP contribution in [0.3, 0.4) is 0 Å². The summed E-state index contributed by atoms with van der Waals surface area (Å²) in [4.78, 5) is 32.7. The first-order valence-corrected chi connectivity index (χ1v) is 9.65. The lowest BCUT2D eigenvalue weighted by Gasteiger charge is -2.01. The molecule has 2 aromatic heterocycles. The molecule has 0 unspecified atom stereocenters. The molecule has 0 aliphatic rings. The summed E-state index contributed by atoms with van der Waals surface area (Å²) in [6.07, 6.45) is 0. The lowest BCUT2D eigenvalue weighted by atomic mass is 10.1. The number of hydrogen-bond donors (Lipinski definition) is 1. The summed E-state index contributed by atoms with van der Waals surface area (Å²) in [6.45, 7) is 0. The monoisotopic (exact) mass is 395 g/mol. The van der Waals surface area contributed by atoms with Crippen LogP contribution in [-0.2, 0) is 4.74 Å². The van der Waals surface area contributed by atoms with Gasteiger partial charge in [-0.15, -0.1) is 22.7 Å². The minimum absolute atomic E-state index is 0.280. The largest absolute Gasteiger partial charge is 0.465 e. The number of benzene rings is 2. The Hall–Kier alpha value is -3.10. The van der Waals surface area contributed by atoms with Crippen molar-refractivity contribution < 1.29 is 14.3 Å². The fourth-order valence-electron chi connectivity index (χ4n) is 2.48. The number of thiazole rings is 2. The Kier molecular flexibility index (Phi) is 4.66. The van der Waals surface area contributed by atoms with E-state index in [-0.39, 0.29) is 11.9 Å². The summed E-state index contributed by atoms with van der Waals surface area (Å²) in [5.74, 6) is -0.665. The van der Waals surface area contributed by atoms with Gasteiger partial charge in [0.15, 0.2) is 10.1 Å². The summed E-state index contributed by atoms with van der Waals surface area (Å²) in [6, 6.07) is 14.6. The van der Waals surface area contributed by atoms with Crippen molar-refractivity contribution in [2.75, 3.05) is 12.4 Å². The summed E-state index contributed by atoms with van der Waals surface area (Å²) in [7, 11) is 1.34. The molecule has 2 aromatic carbocycles. The standard InChI is InChI=1S/C19H13N3O3S2/c1-25-18(24)12-8-6-11(7-9-12)14-10-26-19(21-14)22-16(23)17-20-13-4-2-3-5-15(13)27-17/h2-10H,1H3,(H,21,22,23). The van der Waals surface area contributed by atoms with Crippen LogP contribution in [0.1, 0.15) is 20.2 Å². The van der Waals surface area contributed by atoms with Gasteiger partial charge in [-0.05, 0) is 24.3 Å². The molecule has 8 heteroatoms. The first-order chi connectivity index (χ1) is 13.1. The van der Waals surface area contributed by atoms with E-state index in [1.807, 2.05) is 29.6 Å². The third kappa shape index (κ3) is 3.57. The average Bonchev–Trinajstić information content (AvgIpc) is 3.34. The fraction of sp³-hybridized carbons (Fsp3) is 0.0526. The molecule has 1 N–H and O–H groups in total. The number of anilines is 1. The number of esters is 1. The van der Waals surface area contributed by atoms with Crippen molar-refractivity contribution in [3.63, 3.8) is 0 Å². The van der Waals surface area contributed by atoms with Crippen molar-refractivity contribution in [3.05, 3.63) is 64.5 Å². The molecule has 4 aromatic rings. The van der Waals surface area contributed by atoms with E-state index in [9.17, 15) is 9.59 Å². The summed E-state index contributed by atoms with van der Waals surface area (Å²) < 4.78 is 5.65. The third-order valence-corrected chi connectivity index (χ3v) is 5.61. The fourth-order valence-corrected chi connectivity index (χ4v) is 4.05. The highest BCUT2D eigenvalue weighted by atomic mass is 32.1. The molecule has 0 fully saturated rings. The number of carbonyl (C=O) groups excluding carboxylic acids is 2. The Morgan fingerprint density at radius 3 is 2.56 bits per heavy atom. The SMILES string of the molecule is COC(=O)c1ccc(-c2csc(NC(=O)c3nc4ccccc4s3)n2)cc1. The number of methoxy groups -OCH3 is 1. The van der Waals surface area contributed by atoms with Gasteiger partial charge in [0.25, 0.3) is 5.91 Å². The van der Waals surface area contributed by atoms with Crippen LogP contribution in [0.2, 0.25) is 0 Å². The minimum atomic E-state index is -0.386. The van der Waals surface area contributed by atoms with Gasteiger partial charge in [-0.2, -0.15) is 0 Å². The van der Waals surface area contributed by atoms with Crippen molar-refractivity contribution in [2.24, 2.45) is 0 Å². The van der Waals surface area contributed by atoms with Gasteiger partial charge in [0, 0.05) is 10.9 Å². The number of aromatic nitrogens is 2. The Labute approximate surface area is 162 Å². The van der Waals surface area contributed by atoms with Gasteiger partial charge in [-0.25, -0.2) is 14.8 Å². The molecule has 6 nitrogen and oxygen atoms in total. The van der Waals surface area contributed by atoms with Crippen molar-refractivity contribution in [1.82, 2.24) is 9.97 Å². The predicted molar refractivity (Wildman–Crippen MR) is 106 cm³/mol. The molecule has 27 heavy (non-hydrogen) atoms. The third-order valence-electron chi connectivity index (χ3n) is 3.81. The molecule has 0 spiro atoms. The predicted octanol–water partition coefficient (Wildman–Crippen LogP) is 4.46. The molecule has 2 heterocycles. The van der Waals surface area contributed by atoms with Gasteiger partial charge in [0.05, 0.1) is 28.6 Å². The van der Waals surface area contributed by atoms with Crippen molar-refractivity contribution in [1.29, 1.82) is 0 Å². The second-order valence-electron chi connectivity index (χ2n) is 5.55. The smallest absolute Gasteiger partial charge is 0.337 e. The highest BCUT2D eigenvalue weighted by Crippen LogP contribution is 2.27. The number of amides is 1. The zero-order chi connectivity index (χ0) is 18.8. The molecule has 0 bridgehead atoms. The number of nitrogens with one attached hydrogen (secondary N) is 1. The van der Waals surface area contributed by atoms with Crippen LogP contribution in [-0.4, -0.2) is 29.0 Å². The average molecular weight is 395 g/mol. The van der Waals surface area contributed by atoms with Crippen LogP contribution in [0.15, 0.2) is 53.9 Å². The van der Waals surface area contributed by atoms with Gasteiger partial charge in [0.1, 0.15) is 0 Å². The molecule has 0 atom stereocenters. The van der Waals surface area contributed by atoms with Crippen LogP contribution >= 0.6 is 22.7 Å². The normalized spacial score (nSPS) is 10.7. The van der Waals surface area contributed by atoms with E-state index in [0.29, 0.717) is 15.7 Å². The lowest BCUT2D eigenvalue weighted by molar-refractivity contribution is 0.0600. The van der Waals surface area contributed by atoms with E-state index < -0.39 is 0 Å². The molecule has 0 saturated heterocycles. The molecular formula is C19H13N3O3S2. The van der Waals surface area contributed by atoms with E-state index >= 15 is 0 Å². The van der Waals surface area contributed by atoms with Crippen molar-refractivity contribution in [2.45, 2.75) is 0 Å². The molecule has 0 radical (unpaired) electrons. The molecule has 0 aliphatic heterocycles. The number of ether oxygens (including phenoxy) is 1. The maximum Gasteiger partial charge on any atom is 0.337 e. The summed E-state index contributed by atoms with van der Waals surface area (Å²) >= 11 is 2.68. The van der Waals surface area contributed by atoms with E-state index in [1.165, 1.54) is 29.8 Å². The molecule has 1 amide bonds. The zero-order valence-electron chi connectivity index (χ0n) is 14.1. The number of rotatable bonds is 4. The minimum Gasteiger partial charge on any atom is -0.465 e. The second-order valence-corrected chi connectivity index (χ2v) is 7.44. The second kappa shape index (κ2) is 7.26. The molecular weight excluding hydrogens is 382 g/mol. The molecule has 0 saturated carbocycles. The van der Waals surface area contributed by atoms with Gasteiger partial charge in [0.2, 0.25) is 0 Å². The van der Waals surface area contributed by atoms with Gasteiger partial charge >= 0.3 is 5.97 Å². The molecule has 134 valence electrons. The first kappa shape index (κ1) is 17.3. The number of fused-ring (bicyclic) bond motifs is 1. The Morgan fingerprint density at radius 1 is 1.04 bits per heavy atom. The van der Waals surface area contributed by atoms with Crippen LogP contribution in [0.25, 0.3) is 21.5 Å². The maximum atomic E-state index is 12.4. The number of carbonyl (C=O) groups is 2. The van der Waals surface area contributed by atoms with Crippen molar-refractivity contribution in [3.8, 4) is 11.3 Å². The molecule has 0 aliphatic carbocycles. The van der Waals surface area contributed by atoms with E-state index in [1.54, 1.807) is 24.3 Å². The number of hydrogen-bond acceptors (Lipinski definition) is 7. The van der Waals surface area contributed by atoms with Gasteiger partial charge in [-0.3, -0.25) is 10.1 Å². The number of para-hydroxylation sites is 1. The van der Waals surface area contributed by atoms with Crippen LogP contribution < -0.4 is 5.32 Å². The van der Waals surface area contributed by atoms with Crippen LogP contribution in [0, 0.1) is 0 Å².